The van der Waals surface area contributed by atoms with Crippen LogP contribution in [0.25, 0.3) is 0 Å². The summed E-state index contributed by atoms with van der Waals surface area (Å²) in [5, 5.41) is 11.7. The summed E-state index contributed by atoms with van der Waals surface area (Å²) in [6.45, 7) is 5.22. The summed E-state index contributed by atoms with van der Waals surface area (Å²) in [6, 6.07) is 6.75. The predicted molar refractivity (Wildman–Crippen MR) is 85.0 cm³/mol. The highest BCUT2D eigenvalue weighted by Gasteiger charge is 2.16. The molecule has 2 aromatic rings. The SMILES string of the molecule is CCNC(Cc1cn(C)nn1)c1cccc(C)c1I. The number of aryl methyl sites for hydroxylation is 2. The van der Waals surface area contributed by atoms with E-state index in [9.17, 15) is 0 Å². The second kappa shape index (κ2) is 6.47. The van der Waals surface area contributed by atoms with Crippen molar-refractivity contribution in [2.24, 2.45) is 7.05 Å². The summed E-state index contributed by atoms with van der Waals surface area (Å²) in [7, 11) is 1.90. The molecule has 1 heterocycles. The van der Waals surface area contributed by atoms with E-state index in [1.807, 2.05) is 13.2 Å². The Morgan fingerprint density at radius 3 is 2.84 bits per heavy atom. The van der Waals surface area contributed by atoms with Crippen molar-refractivity contribution in [1.82, 2.24) is 20.3 Å². The molecule has 5 heteroatoms. The zero-order valence-corrected chi connectivity index (χ0v) is 13.7. The molecule has 0 amide bonds. The Morgan fingerprint density at radius 2 is 2.21 bits per heavy atom. The Kier molecular flexibility index (Phi) is 4.93. The van der Waals surface area contributed by atoms with Gasteiger partial charge in [0.2, 0.25) is 0 Å². The standard InChI is InChI=1S/C14H19IN4/c1-4-16-13(8-11-9-19(3)18-17-11)12-7-5-6-10(2)14(12)15/h5-7,9,13,16H,4,8H2,1-3H3. The topological polar surface area (TPSA) is 42.7 Å². The van der Waals surface area contributed by atoms with E-state index in [0.29, 0.717) is 0 Å². The van der Waals surface area contributed by atoms with Crippen molar-refractivity contribution in [2.45, 2.75) is 26.3 Å². The Labute approximate surface area is 127 Å². The molecule has 1 unspecified atom stereocenters. The van der Waals surface area contributed by atoms with Gasteiger partial charge in [0.1, 0.15) is 0 Å². The molecule has 0 saturated carbocycles. The molecule has 1 N–H and O–H groups in total. The largest absolute Gasteiger partial charge is 0.310 e. The van der Waals surface area contributed by atoms with E-state index in [1.165, 1.54) is 14.7 Å². The molecular weight excluding hydrogens is 351 g/mol. The number of hydrogen-bond donors (Lipinski definition) is 1. The fourth-order valence-corrected chi connectivity index (χ4v) is 2.91. The molecule has 1 aromatic carbocycles. The molecule has 0 fully saturated rings. The lowest BCUT2D eigenvalue weighted by atomic mass is 10.0. The van der Waals surface area contributed by atoms with E-state index in [1.54, 1.807) is 4.68 Å². The van der Waals surface area contributed by atoms with Gasteiger partial charge < -0.3 is 5.32 Å². The zero-order chi connectivity index (χ0) is 13.8. The molecule has 0 spiro atoms. The average molecular weight is 370 g/mol. The van der Waals surface area contributed by atoms with Crippen LogP contribution < -0.4 is 5.32 Å². The van der Waals surface area contributed by atoms with E-state index >= 15 is 0 Å². The minimum atomic E-state index is 0.286. The van der Waals surface area contributed by atoms with Crippen molar-refractivity contribution in [3.63, 3.8) is 0 Å². The van der Waals surface area contributed by atoms with Gasteiger partial charge in [0.15, 0.2) is 0 Å². The van der Waals surface area contributed by atoms with Crippen LogP contribution in [0.1, 0.15) is 29.8 Å². The molecule has 0 aliphatic carbocycles. The maximum atomic E-state index is 4.19. The highest BCUT2D eigenvalue weighted by Crippen LogP contribution is 2.25. The molecule has 0 aliphatic heterocycles. The van der Waals surface area contributed by atoms with Crippen molar-refractivity contribution in [2.75, 3.05) is 6.54 Å². The average Bonchev–Trinajstić information content (AvgIpc) is 2.78. The summed E-state index contributed by atoms with van der Waals surface area (Å²) in [5.74, 6) is 0. The van der Waals surface area contributed by atoms with Gasteiger partial charge in [-0.2, -0.15) is 0 Å². The number of hydrogen-bond acceptors (Lipinski definition) is 3. The maximum absolute atomic E-state index is 4.19. The normalized spacial score (nSPS) is 12.6. The number of benzene rings is 1. The maximum Gasteiger partial charge on any atom is 0.0845 e. The Morgan fingerprint density at radius 1 is 1.42 bits per heavy atom. The number of nitrogens with one attached hydrogen (secondary N) is 1. The van der Waals surface area contributed by atoms with Gasteiger partial charge in [0, 0.05) is 29.3 Å². The van der Waals surface area contributed by atoms with Crippen LogP contribution in [-0.4, -0.2) is 21.5 Å². The van der Waals surface area contributed by atoms with Crippen LogP contribution >= 0.6 is 22.6 Å². The van der Waals surface area contributed by atoms with Crippen molar-refractivity contribution >= 4 is 22.6 Å². The van der Waals surface area contributed by atoms with Crippen LogP contribution in [0.4, 0.5) is 0 Å². The van der Waals surface area contributed by atoms with Gasteiger partial charge in [-0.05, 0) is 47.2 Å². The van der Waals surface area contributed by atoms with E-state index in [-0.39, 0.29) is 6.04 Å². The summed E-state index contributed by atoms with van der Waals surface area (Å²) in [6.07, 6.45) is 2.84. The predicted octanol–water partition coefficient (Wildman–Crippen LogP) is 2.62. The van der Waals surface area contributed by atoms with E-state index in [0.717, 1.165) is 18.7 Å². The molecule has 2 rings (SSSR count). The zero-order valence-electron chi connectivity index (χ0n) is 11.5. The van der Waals surface area contributed by atoms with Crippen LogP contribution in [-0.2, 0) is 13.5 Å². The lowest BCUT2D eigenvalue weighted by molar-refractivity contribution is 0.541. The minimum absolute atomic E-state index is 0.286. The van der Waals surface area contributed by atoms with Crippen LogP contribution in [0, 0.1) is 10.5 Å². The van der Waals surface area contributed by atoms with Crippen LogP contribution in [0.3, 0.4) is 0 Å². The van der Waals surface area contributed by atoms with E-state index in [2.05, 4.69) is 70.3 Å². The number of halogens is 1. The first kappa shape index (κ1) is 14.5. The van der Waals surface area contributed by atoms with Gasteiger partial charge in [0.05, 0.1) is 5.69 Å². The van der Waals surface area contributed by atoms with Crippen LogP contribution in [0.15, 0.2) is 24.4 Å². The number of nitrogens with zero attached hydrogens (tertiary/aromatic N) is 3. The summed E-state index contributed by atoms with van der Waals surface area (Å²) in [5.41, 5.74) is 3.68. The molecule has 0 aliphatic rings. The quantitative estimate of drug-likeness (QED) is 0.823. The third-order valence-electron chi connectivity index (χ3n) is 3.11. The minimum Gasteiger partial charge on any atom is -0.310 e. The highest BCUT2D eigenvalue weighted by molar-refractivity contribution is 14.1. The van der Waals surface area contributed by atoms with Gasteiger partial charge in [-0.25, -0.2) is 0 Å². The smallest absolute Gasteiger partial charge is 0.0845 e. The fraction of sp³-hybridized carbons (Fsp3) is 0.429. The third-order valence-corrected chi connectivity index (χ3v) is 4.58. The summed E-state index contributed by atoms with van der Waals surface area (Å²) < 4.78 is 3.08. The monoisotopic (exact) mass is 370 g/mol. The molecule has 1 atom stereocenters. The number of aromatic nitrogens is 3. The van der Waals surface area contributed by atoms with Crippen molar-refractivity contribution in [1.29, 1.82) is 0 Å². The Balaban J connectivity index is 2.26. The Hall–Kier alpha value is -0.950. The molecule has 102 valence electrons. The first-order chi connectivity index (χ1) is 9.11. The van der Waals surface area contributed by atoms with Crippen molar-refractivity contribution in [3.05, 3.63) is 44.8 Å². The van der Waals surface area contributed by atoms with Crippen molar-refractivity contribution < 1.29 is 0 Å². The fourth-order valence-electron chi connectivity index (χ4n) is 2.18. The molecule has 1 aromatic heterocycles. The van der Waals surface area contributed by atoms with Crippen LogP contribution in [0.2, 0.25) is 0 Å². The first-order valence-electron chi connectivity index (χ1n) is 6.45. The number of likely N-dealkylation sites (N-methyl/N-ethyl adjacent to an activating group) is 1. The molecule has 19 heavy (non-hydrogen) atoms. The van der Waals surface area contributed by atoms with E-state index < -0.39 is 0 Å². The Bertz CT molecular complexity index is 550. The van der Waals surface area contributed by atoms with Gasteiger partial charge >= 0.3 is 0 Å². The van der Waals surface area contributed by atoms with Crippen LogP contribution in [0.5, 0.6) is 0 Å². The summed E-state index contributed by atoms with van der Waals surface area (Å²) in [4.78, 5) is 0. The molecule has 0 bridgehead atoms. The van der Waals surface area contributed by atoms with Crippen molar-refractivity contribution in [3.8, 4) is 0 Å². The van der Waals surface area contributed by atoms with Gasteiger partial charge in [-0.3, -0.25) is 4.68 Å². The lowest BCUT2D eigenvalue weighted by Gasteiger charge is -2.19. The van der Waals surface area contributed by atoms with E-state index in [4.69, 9.17) is 0 Å². The second-order valence-corrected chi connectivity index (χ2v) is 5.75. The molecule has 4 nitrogen and oxygen atoms in total. The van der Waals surface area contributed by atoms with Gasteiger partial charge in [-0.1, -0.05) is 30.3 Å². The molecule has 0 saturated heterocycles. The second-order valence-electron chi connectivity index (χ2n) is 4.68. The third kappa shape index (κ3) is 3.54. The highest BCUT2D eigenvalue weighted by atomic mass is 127. The van der Waals surface area contributed by atoms with Gasteiger partial charge in [0.25, 0.3) is 0 Å². The first-order valence-corrected chi connectivity index (χ1v) is 7.53. The molecule has 0 radical (unpaired) electrons. The number of rotatable bonds is 5. The molecular formula is C14H19IN4. The summed E-state index contributed by atoms with van der Waals surface area (Å²) >= 11 is 2.43. The lowest BCUT2D eigenvalue weighted by Crippen LogP contribution is -2.24. The van der Waals surface area contributed by atoms with Gasteiger partial charge in [-0.15, -0.1) is 5.10 Å².